The van der Waals surface area contributed by atoms with Gasteiger partial charge in [-0.1, -0.05) is 48.5 Å². The van der Waals surface area contributed by atoms with E-state index in [1.807, 2.05) is 62.4 Å². The summed E-state index contributed by atoms with van der Waals surface area (Å²) in [6.45, 7) is 5.31. The van der Waals surface area contributed by atoms with Crippen molar-refractivity contribution in [3.63, 3.8) is 0 Å². The summed E-state index contributed by atoms with van der Waals surface area (Å²) in [5, 5.41) is 18.9. The van der Waals surface area contributed by atoms with E-state index in [1.165, 1.54) is 11.1 Å². The van der Waals surface area contributed by atoms with Crippen LogP contribution in [0.25, 0.3) is 0 Å². The number of aromatic hydroxyl groups is 2. The minimum absolute atomic E-state index is 0.284. The molecule has 6 heteroatoms. The molecule has 0 bridgehead atoms. The smallest absolute Gasteiger partial charge is 0.196 e. The van der Waals surface area contributed by atoms with Crippen molar-refractivity contribution in [2.75, 3.05) is 13.2 Å². The number of ether oxygens (including phenoxy) is 4. The highest BCUT2D eigenvalue weighted by molar-refractivity contribution is 5.35. The molecule has 2 unspecified atom stereocenters. The van der Waals surface area contributed by atoms with Crippen LogP contribution in [0.1, 0.15) is 61.8 Å². The van der Waals surface area contributed by atoms with E-state index in [1.54, 1.807) is 24.3 Å². The quantitative estimate of drug-likeness (QED) is 0.143. The van der Waals surface area contributed by atoms with Gasteiger partial charge >= 0.3 is 0 Å². The first kappa shape index (κ1) is 31.4. The second kappa shape index (κ2) is 15.6. The fourth-order valence-electron chi connectivity index (χ4n) is 5.63. The monoisotopic (exact) mass is 596 g/mol. The summed E-state index contributed by atoms with van der Waals surface area (Å²) in [6.07, 6.45) is 5.52. The molecular formula is C38H44O6. The average molecular weight is 597 g/mol. The molecule has 44 heavy (non-hydrogen) atoms. The standard InChI is InChI=1S/C38H44O6/c1-27(43-37-19-11-31(12-20-37)23-29-7-15-35(39)16-8-29)41-25-33-3-5-34(6-4-33)26-42-28(2)44-38-21-13-32(14-22-38)24-30-9-17-36(40)18-10-30/h7-22,27-28,33-34,39-40H,3-6,23-26H2,1-2H3. The molecule has 0 spiro atoms. The van der Waals surface area contributed by atoms with E-state index in [9.17, 15) is 10.2 Å². The zero-order valence-electron chi connectivity index (χ0n) is 25.7. The van der Waals surface area contributed by atoms with E-state index >= 15 is 0 Å². The topological polar surface area (TPSA) is 77.4 Å². The van der Waals surface area contributed by atoms with Crippen LogP contribution in [-0.4, -0.2) is 36.0 Å². The Morgan fingerprint density at radius 3 is 1.11 bits per heavy atom. The van der Waals surface area contributed by atoms with Gasteiger partial charge in [0.25, 0.3) is 0 Å². The van der Waals surface area contributed by atoms with E-state index in [0.717, 1.165) is 61.2 Å². The fraction of sp³-hybridized carbons (Fsp3) is 0.368. The summed E-state index contributed by atoms with van der Waals surface area (Å²) < 4.78 is 24.1. The molecule has 2 atom stereocenters. The molecule has 1 aliphatic rings. The van der Waals surface area contributed by atoms with Crippen molar-refractivity contribution in [1.82, 2.24) is 0 Å². The van der Waals surface area contributed by atoms with Gasteiger partial charge in [0.05, 0.1) is 13.2 Å². The van der Waals surface area contributed by atoms with Gasteiger partial charge in [-0.05, 0) is 135 Å². The Labute approximate surface area is 261 Å². The van der Waals surface area contributed by atoms with Crippen LogP contribution in [0, 0.1) is 11.8 Å². The fourth-order valence-corrected chi connectivity index (χ4v) is 5.63. The number of rotatable bonds is 14. The lowest BCUT2D eigenvalue weighted by molar-refractivity contribution is -0.0946. The molecular weight excluding hydrogens is 552 g/mol. The Morgan fingerprint density at radius 2 is 0.795 bits per heavy atom. The molecule has 0 saturated heterocycles. The lowest BCUT2D eigenvalue weighted by Gasteiger charge is -2.29. The summed E-state index contributed by atoms with van der Waals surface area (Å²) in [5.74, 6) is 3.25. The molecule has 6 nitrogen and oxygen atoms in total. The van der Waals surface area contributed by atoms with E-state index < -0.39 is 0 Å². The minimum atomic E-state index is -0.307. The van der Waals surface area contributed by atoms with Crippen LogP contribution in [-0.2, 0) is 22.3 Å². The average Bonchev–Trinajstić information content (AvgIpc) is 3.04. The summed E-state index contributed by atoms with van der Waals surface area (Å²) in [5.41, 5.74) is 4.69. The van der Waals surface area contributed by atoms with Gasteiger partial charge in [-0.2, -0.15) is 0 Å². The van der Waals surface area contributed by atoms with Crippen molar-refractivity contribution in [1.29, 1.82) is 0 Å². The van der Waals surface area contributed by atoms with Crippen LogP contribution < -0.4 is 9.47 Å². The SMILES string of the molecule is CC(OCC1CCC(COC(C)Oc2ccc(Cc3ccc(O)cc3)cc2)CC1)Oc1ccc(Cc2ccc(O)cc2)cc1. The third kappa shape index (κ3) is 10.0. The zero-order chi connectivity index (χ0) is 30.7. The van der Waals surface area contributed by atoms with Gasteiger partial charge in [0.15, 0.2) is 12.6 Å². The molecule has 1 fully saturated rings. The van der Waals surface area contributed by atoms with Crippen LogP contribution in [0.4, 0.5) is 0 Å². The van der Waals surface area contributed by atoms with Gasteiger partial charge in [0.2, 0.25) is 0 Å². The summed E-state index contributed by atoms with van der Waals surface area (Å²) in [4.78, 5) is 0. The van der Waals surface area contributed by atoms with Gasteiger partial charge in [-0.3, -0.25) is 0 Å². The van der Waals surface area contributed by atoms with Gasteiger partial charge in [0, 0.05) is 0 Å². The third-order valence-corrected chi connectivity index (χ3v) is 8.24. The first-order chi connectivity index (χ1) is 21.4. The van der Waals surface area contributed by atoms with E-state index in [2.05, 4.69) is 24.3 Å². The Kier molecular flexibility index (Phi) is 11.2. The van der Waals surface area contributed by atoms with E-state index in [-0.39, 0.29) is 24.1 Å². The van der Waals surface area contributed by atoms with Gasteiger partial charge in [-0.25, -0.2) is 0 Å². The predicted molar refractivity (Wildman–Crippen MR) is 172 cm³/mol. The number of phenols is 2. The Bertz CT molecular complexity index is 1280. The molecule has 5 rings (SSSR count). The van der Waals surface area contributed by atoms with Crippen LogP contribution >= 0.6 is 0 Å². The van der Waals surface area contributed by atoms with Crippen molar-refractivity contribution >= 4 is 0 Å². The summed E-state index contributed by atoms with van der Waals surface area (Å²) in [7, 11) is 0. The van der Waals surface area contributed by atoms with Crippen LogP contribution in [0.2, 0.25) is 0 Å². The van der Waals surface area contributed by atoms with Gasteiger partial charge in [-0.15, -0.1) is 0 Å². The maximum atomic E-state index is 9.46. The van der Waals surface area contributed by atoms with Crippen molar-refractivity contribution in [2.45, 2.75) is 65.0 Å². The Balaban J connectivity index is 0.944. The van der Waals surface area contributed by atoms with Crippen LogP contribution in [0.5, 0.6) is 23.0 Å². The van der Waals surface area contributed by atoms with Crippen molar-refractivity contribution in [3.8, 4) is 23.0 Å². The number of hydrogen-bond acceptors (Lipinski definition) is 6. The highest BCUT2D eigenvalue weighted by atomic mass is 16.7. The molecule has 1 saturated carbocycles. The molecule has 0 aromatic heterocycles. The number of phenolic OH excluding ortho intramolecular Hbond substituents is 2. The maximum Gasteiger partial charge on any atom is 0.196 e. The van der Waals surface area contributed by atoms with E-state index in [4.69, 9.17) is 18.9 Å². The van der Waals surface area contributed by atoms with Gasteiger partial charge in [0.1, 0.15) is 23.0 Å². The summed E-state index contributed by atoms with van der Waals surface area (Å²) in [6, 6.07) is 30.8. The van der Waals surface area contributed by atoms with Crippen LogP contribution in [0.3, 0.4) is 0 Å². The highest BCUT2D eigenvalue weighted by Crippen LogP contribution is 2.30. The molecule has 0 heterocycles. The van der Waals surface area contributed by atoms with Crippen molar-refractivity contribution in [2.24, 2.45) is 11.8 Å². The van der Waals surface area contributed by atoms with Crippen LogP contribution in [0.15, 0.2) is 97.1 Å². The maximum absolute atomic E-state index is 9.46. The normalized spacial score (nSPS) is 18.0. The molecule has 1 aliphatic carbocycles. The summed E-state index contributed by atoms with van der Waals surface area (Å²) >= 11 is 0. The third-order valence-electron chi connectivity index (χ3n) is 8.24. The predicted octanol–water partition coefficient (Wildman–Crippen LogP) is 8.27. The second-order valence-electron chi connectivity index (χ2n) is 11.9. The molecule has 0 amide bonds. The zero-order valence-corrected chi connectivity index (χ0v) is 25.7. The molecule has 0 radical (unpaired) electrons. The lowest BCUT2D eigenvalue weighted by atomic mass is 9.83. The number of benzene rings is 4. The molecule has 2 N–H and O–H groups in total. The molecule has 0 aliphatic heterocycles. The van der Waals surface area contributed by atoms with Crippen molar-refractivity contribution in [3.05, 3.63) is 119 Å². The van der Waals surface area contributed by atoms with Crippen molar-refractivity contribution < 1.29 is 29.2 Å². The largest absolute Gasteiger partial charge is 0.508 e. The Hall–Kier alpha value is -4.00. The van der Waals surface area contributed by atoms with Gasteiger partial charge < -0.3 is 29.2 Å². The molecule has 4 aromatic carbocycles. The molecule has 4 aromatic rings. The minimum Gasteiger partial charge on any atom is -0.508 e. The first-order valence-electron chi connectivity index (χ1n) is 15.7. The lowest BCUT2D eigenvalue weighted by Crippen LogP contribution is -2.27. The Morgan fingerprint density at radius 1 is 0.500 bits per heavy atom. The highest BCUT2D eigenvalue weighted by Gasteiger charge is 2.23. The van der Waals surface area contributed by atoms with E-state index in [0.29, 0.717) is 25.0 Å². The second-order valence-corrected chi connectivity index (χ2v) is 11.9. The number of hydrogen-bond donors (Lipinski definition) is 2. The first-order valence-corrected chi connectivity index (χ1v) is 15.7. The molecule has 232 valence electrons.